The number of carbonyl (C=O) groups is 1. The lowest BCUT2D eigenvalue weighted by molar-refractivity contribution is 0.0953. The number of hydrogen-bond acceptors (Lipinski definition) is 6. The summed E-state index contributed by atoms with van der Waals surface area (Å²) in [7, 11) is 0. The van der Waals surface area contributed by atoms with Gasteiger partial charge in [0.2, 0.25) is 5.89 Å². The minimum absolute atomic E-state index is 0.126. The molecule has 154 valence electrons. The summed E-state index contributed by atoms with van der Waals surface area (Å²) in [4.78, 5) is 20.9. The number of ether oxygens (including phenoxy) is 1. The van der Waals surface area contributed by atoms with Crippen LogP contribution < -0.4 is 10.1 Å². The van der Waals surface area contributed by atoms with Gasteiger partial charge in [0.05, 0.1) is 5.69 Å². The van der Waals surface area contributed by atoms with E-state index in [1.165, 1.54) is 5.56 Å². The maximum Gasteiger partial charge on any atom is 0.251 e. The summed E-state index contributed by atoms with van der Waals surface area (Å²) < 4.78 is 12.8. The number of imidazole rings is 1. The van der Waals surface area contributed by atoms with Crippen molar-refractivity contribution in [3.63, 3.8) is 0 Å². The second-order valence-corrected chi connectivity index (χ2v) is 7.11. The molecule has 0 atom stereocenters. The molecule has 0 saturated carbocycles. The van der Waals surface area contributed by atoms with Crippen molar-refractivity contribution in [3.05, 3.63) is 77.3 Å². The van der Waals surface area contributed by atoms with Gasteiger partial charge in [0.1, 0.15) is 18.0 Å². The standard InChI is InChI=1S/C22H23N5O3/c1-15-5-10-20-25-18(13-27(20)12-15)14-29-19-8-6-17(7-9-19)22(28)23-11-3-4-21-24-16(2)26-30-21/h5-10,12-13H,3-4,11,14H2,1-2H3,(H,23,28). The van der Waals surface area contributed by atoms with Crippen molar-refractivity contribution in [2.75, 3.05) is 6.54 Å². The van der Waals surface area contributed by atoms with Gasteiger partial charge < -0.3 is 19.0 Å². The van der Waals surface area contributed by atoms with Crippen molar-refractivity contribution in [2.24, 2.45) is 0 Å². The van der Waals surface area contributed by atoms with Crippen molar-refractivity contribution < 1.29 is 14.1 Å². The molecule has 1 amide bonds. The van der Waals surface area contributed by atoms with Gasteiger partial charge in [-0.15, -0.1) is 0 Å². The lowest BCUT2D eigenvalue weighted by Crippen LogP contribution is -2.24. The van der Waals surface area contributed by atoms with Gasteiger partial charge in [-0.3, -0.25) is 4.79 Å². The molecule has 4 rings (SSSR count). The van der Waals surface area contributed by atoms with Crippen LogP contribution in [0.5, 0.6) is 5.75 Å². The molecule has 0 aliphatic rings. The molecule has 0 saturated heterocycles. The minimum Gasteiger partial charge on any atom is -0.487 e. The molecule has 4 aromatic rings. The van der Waals surface area contributed by atoms with Crippen LogP contribution in [-0.2, 0) is 13.0 Å². The molecule has 0 spiro atoms. The van der Waals surface area contributed by atoms with E-state index >= 15 is 0 Å². The quantitative estimate of drug-likeness (QED) is 0.452. The Kier molecular flexibility index (Phi) is 5.74. The molecule has 1 aromatic carbocycles. The van der Waals surface area contributed by atoms with Crippen LogP contribution >= 0.6 is 0 Å². The molecule has 1 N–H and O–H groups in total. The zero-order chi connectivity index (χ0) is 20.9. The van der Waals surface area contributed by atoms with E-state index in [4.69, 9.17) is 9.26 Å². The number of aryl methyl sites for hydroxylation is 3. The van der Waals surface area contributed by atoms with Gasteiger partial charge in [-0.05, 0) is 56.2 Å². The van der Waals surface area contributed by atoms with Crippen LogP contribution in [0.15, 0.2) is 53.3 Å². The number of nitrogens with one attached hydrogen (secondary N) is 1. The number of rotatable bonds is 8. The predicted octanol–water partition coefficient (Wildman–Crippen LogP) is 3.28. The fourth-order valence-corrected chi connectivity index (χ4v) is 3.07. The van der Waals surface area contributed by atoms with Gasteiger partial charge in [-0.2, -0.15) is 4.98 Å². The number of benzene rings is 1. The Morgan fingerprint density at radius 3 is 2.70 bits per heavy atom. The Morgan fingerprint density at radius 2 is 1.93 bits per heavy atom. The monoisotopic (exact) mass is 405 g/mol. The van der Waals surface area contributed by atoms with Crippen molar-refractivity contribution in [2.45, 2.75) is 33.3 Å². The van der Waals surface area contributed by atoms with Crippen molar-refractivity contribution in [1.82, 2.24) is 24.8 Å². The summed E-state index contributed by atoms with van der Waals surface area (Å²) >= 11 is 0. The molecular weight excluding hydrogens is 382 g/mol. The highest BCUT2D eigenvalue weighted by molar-refractivity contribution is 5.94. The van der Waals surface area contributed by atoms with E-state index in [2.05, 4.69) is 20.4 Å². The lowest BCUT2D eigenvalue weighted by atomic mass is 10.2. The van der Waals surface area contributed by atoms with Gasteiger partial charge in [-0.25, -0.2) is 4.98 Å². The first kappa shape index (κ1) is 19.6. The molecule has 0 aliphatic heterocycles. The topological polar surface area (TPSA) is 94.5 Å². The van der Waals surface area contributed by atoms with Gasteiger partial charge in [-0.1, -0.05) is 11.2 Å². The maximum absolute atomic E-state index is 12.3. The normalized spacial score (nSPS) is 11.0. The number of amides is 1. The zero-order valence-corrected chi connectivity index (χ0v) is 17.0. The summed E-state index contributed by atoms with van der Waals surface area (Å²) in [6.07, 6.45) is 5.35. The van der Waals surface area contributed by atoms with Gasteiger partial charge in [0.25, 0.3) is 5.91 Å². The Hall–Kier alpha value is -3.68. The Morgan fingerprint density at radius 1 is 1.10 bits per heavy atom. The Labute approximate surface area is 173 Å². The second-order valence-electron chi connectivity index (χ2n) is 7.11. The van der Waals surface area contributed by atoms with Crippen LogP contribution in [0.1, 0.15) is 39.8 Å². The summed E-state index contributed by atoms with van der Waals surface area (Å²) in [6, 6.07) is 11.1. The van der Waals surface area contributed by atoms with Crippen LogP contribution in [0.3, 0.4) is 0 Å². The summed E-state index contributed by atoms with van der Waals surface area (Å²) in [5, 5.41) is 6.64. The van der Waals surface area contributed by atoms with E-state index in [9.17, 15) is 4.79 Å². The number of fused-ring (bicyclic) bond motifs is 1. The first-order valence-electron chi connectivity index (χ1n) is 9.81. The fourth-order valence-electron chi connectivity index (χ4n) is 3.07. The lowest BCUT2D eigenvalue weighted by Gasteiger charge is -2.07. The minimum atomic E-state index is -0.126. The summed E-state index contributed by atoms with van der Waals surface area (Å²) in [5.41, 5.74) is 3.49. The van der Waals surface area contributed by atoms with Crippen molar-refractivity contribution in [3.8, 4) is 5.75 Å². The van der Waals surface area contributed by atoms with E-state index < -0.39 is 0 Å². The van der Waals surface area contributed by atoms with E-state index in [1.54, 1.807) is 31.2 Å². The van der Waals surface area contributed by atoms with Crippen LogP contribution in [0.25, 0.3) is 5.65 Å². The second kappa shape index (κ2) is 8.77. The van der Waals surface area contributed by atoms with E-state index in [0.29, 0.717) is 42.6 Å². The van der Waals surface area contributed by atoms with Crippen LogP contribution in [0.2, 0.25) is 0 Å². The third-order valence-corrected chi connectivity index (χ3v) is 4.57. The predicted molar refractivity (Wildman–Crippen MR) is 110 cm³/mol. The Balaban J connectivity index is 1.25. The fraction of sp³-hybridized carbons (Fsp3) is 0.273. The molecule has 8 nitrogen and oxygen atoms in total. The molecule has 0 unspecified atom stereocenters. The number of nitrogens with zero attached hydrogens (tertiary/aromatic N) is 4. The van der Waals surface area contributed by atoms with Gasteiger partial charge in [0.15, 0.2) is 5.82 Å². The average Bonchev–Trinajstić information content (AvgIpc) is 3.35. The maximum atomic E-state index is 12.3. The SMILES string of the molecule is Cc1ccc2nc(COc3ccc(C(=O)NCCCc4nc(C)no4)cc3)cn2c1. The average molecular weight is 405 g/mol. The first-order chi connectivity index (χ1) is 14.6. The molecule has 30 heavy (non-hydrogen) atoms. The summed E-state index contributed by atoms with van der Waals surface area (Å²) in [5.74, 6) is 1.77. The van der Waals surface area contributed by atoms with Crippen molar-refractivity contribution >= 4 is 11.6 Å². The Bertz CT molecular complexity index is 1150. The first-order valence-corrected chi connectivity index (χ1v) is 9.81. The zero-order valence-electron chi connectivity index (χ0n) is 17.0. The molecule has 3 aromatic heterocycles. The third-order valence-electron chi connectivity index (χ3n) is 4.57. The highest BCUT2D eigenvalue weighted by Crippen LogP contribution is 2.15. The number of carbonyl (C=O) groups excluding carboxylic acids is 1. The van der Waals surface area contributed by atoms with Gasteiger partial charge in [0, 0.05) is 30.9 Å². The van der Waals surface area contributed by atoms with E-state index in [1.807, 2.05) is 35.9 Å². The molecule has 0 fully saturated rings. The molecule has 0 bridgehead atoms. The largest absolute Gasteiger partial charge is 0.487 e. The highest BCUT2D eigenvalue weighted by atomic mass is 16.5. The van der Waals surface area contributed by atoms with E-state index in [0.717, 1.165) is 17.8 Å². The van der Waals surface area contributed by atoms with Crippen LogP contribution in [0, 0.1) is 13.8 Å². The number of aromatic nitrogens is 4. The van der Waals surface area contributed by atoms with Crippen LogP contribution in [-0.4, -0.2) is 32.0 Å². The summed E-state index contributed by atoms with van der Waals surface area (Å²) in [6.45, 7) is 4.72. The smallest absolute Gasteiger partial charge is 0.251 e. The van der Waals surface area contributed by atoms with Crippen LogP contribution in [0.4, 0.5) is 0 Å². The highest BCUT2D eigenvalue weighted by Gasteiger charge is 2.08. The van der Waals surface area contributed by atoms with Gasteiger partial charge >= 0.3 is 0 Å². The molecular formula is C22H23N5O3. The number of hydrogen-bond donors (Lipinski definition) is 1. The van der Waals surface area contributed by atoms with Crippen molar-refractivity contribution in [1.29, 1.82) is 0 Å². The molecule has 8 heteroatoms. The molecule has 0 aliphatic carbocycles. The molecule has 3 heterocycles. The number of pyridine rings is 1. The molecule has 0 radical (unpaired) electrons. The third kappa shape index (κ3) is 4.83. The van der Waals surface area contributed by atoms with E-state index in [-0.39, 0.29) is 5.91 Å².